The lowest BCUT2D eigenvalue weighted by molar-refractivity contribution is -0.130. The maximum Gasteiger partial charge on any atom is 0.253 e. The van der Waals surface area contributed by atoms with Crippen LogP contribution in [0, 0.1) is 11.7 Å². The van der Waals surface area contributed by atoms with Gasteiger partial charge in [-0.1, -0.05) is 12.1 Å². The van der Waals surface area contributed by atoms with Crippen LogP contribution in [0.15, 0.2) is 30.3 Å². The Hall–Kier alpha value is -2.66. The van der Waals surface area contributed by atoms with E-state index < -0.39 is 23.0 Å². The Bertz CT molecular complexity index is 1160. The molecule has 2 atom stereocenters. The van der Waals surface area contributed by atoms with Crippen LogP contribution in [-0.2, 0) is 22.5 Å². The van der Waals surface area contributed by atoms with Crippen molar-refractivity contribution < 1.29 is 23.6 Å². The minimum atomic E-state index is -2.71. The third-order valence-electron chi connectivity index (χ3n) is 6.75. The molecule has 1 saturated heterocycles. The molecule has 2 aromatic rings. The summed E-state index contributed by atoms with van der Waals surface area (Å²) in [6, 6.07) is 8.48. The number of pyridine rings is 1. The molecule has 0 spiro atoms. The Kier molecular flexibility index (Phi) is 5.79. The molecule has 1 aliphatic carbocycles. The number of piperazine rings is 1. The highest BCUT2D eigenvalue weighted by Gasteiger charge is 2.58. The van der Waals surface area contributed by atoms with Gasteiger partial charge in [-0.25, -0.2) is 22.4 Å². The second kappa shape index (κ2) is 8.53. The van der Waals surface area contributed by atoms with Crippen LogP contribution in [0.5, 0.6) is 0 Å². The molecule has 34 heavy (non-hydrogen) atoms. The number of halogens is 3. The molecule has 3 aliphatic rings. The number of aromatic nitrogens is 1. The number of anilines is 2. The molecule has 1 amide bonds. The summed E-state index contributed by atoms with van der Waals surface area (Å²) in [5.74, 6) is -3.47. The van der Waals surface area contributed by atoms with Crippen molar-refractivity contribution in [2.45, 2.75) is 25.8 Å². The fourth-order valence-electron chi connectivity index (χ4n) is 4.51. The van der Waals surface area contributed by atoms with E-state index in [1.807, 2.05) is 0 Å². The summed E-state index contributed by atoms with van der Waals surface area (Å²) in [5, 5.41) is 0. The van der Waals surface area contributed by atoms with E-state index in [4.69, 9.17) is 0 Å². The normalized spacial score (nSPS) is 23.9. The Morgan fingerprint density at radius 2 is 1.91 bits per heavy atom. The molecule has 2 fully saturated rings. The first kappa shape index (κ1) is 23.1. The predicted octanol–water partition coefficient (Wildman–Crippen LogP) is 3.29. The Morgan fingerprint density at radius 3 is 2.56 bits per heavy atom. The number of nitrogens with zero attached hydrogens (tertiary/aromatic N) is 5. The predicted molar refractivity (Wildman–Crippen MR) is 126 cm³/mol. The van der Waals surface area contributed by atoms with E-state index in [1.54, 1.807) is 49.2 Å². The average molecular weight is 496 g/mol. The number of benzene rings is 1. The molecule has 2 unspecified atom stereocenters. The molecule has 0 radical (unpaired) electrons. The highest BCUT2D eigenvalue weighted by Crippen LogP contribution is 2.51. The molecular formula is C23H28F3N5O2S. The van der Waals surface area contributed by atoms with Gasteiger partial charge in [0, 0.05) is 78.1 Å². The second-order valence-corrected chi connectivity index (χ2v) is 10.5. The first-order chi connectivity index (χ1) is 16.2. The SMILES string of the molecule is CC(=O)N1CCN(Cc2cccc(-c3ccc4c(n3)N(C)S(=O)N4CC3CC3(F)F)c2F)CC1.[HH]. The van der Waals surface area contributed by atoms with Crippen molar-refractivity contribution in [1.82, 2.24) is 14.8 Å². The Balaban J connectivity index is 0.00000289. The maximum absolute atomic E-state index is 15.5. The molecule has 7 nitrogen and oxygen atoms in total. The van der Waals surface area contributed by atoms with Gasteiger partial charge < -0.3 is 4.90 Å². The maximum atomic E-state index is 15.5. The lowest BCUT2D eigenvalue weighted by Gasteiger charge is -2.34. The third kappa shape index (κ3) is 4.15. The number of amides is 1. The van der Waals surface area contributed by atoms with Crippen LogP contribution >= 0.6 is 0 Å². The van der Waals surface area contributed by atoms with E-state index in [9.17, 15) is 17.8 Å². The summed E-state index contributed by atoms with van der Waals surface area (Å²) in [7, 11) is 1.59. The molecule has 3 heterocycles. The largest absolute Gasteiger partial charge is 0.340 e. The van der Waals surface area contributed by atoms with Crippen LogP contribution in [-0.4, -0.2) is 70.6 Å². The van der Waals surface area contributed by atoms with E-state index in [-0.39, 0.29) is 26.1 Å². The fraction of sp³-hybridized carbons (Fsp3) is 0.478. The molecule has 11 heteroatoms. The monoisotopic (exact) mass is 495 g/mol. The lowest BCUT2D eigenvalue weighted by Crippen LogP contribution is -2.47. The van der Waals surface area contributed by atoms with Crippen LogP contribution < -0.4 is 8.61 Å². The number of carbonyl (C=O) groups excluding carboxylic acids is 1. The highest BCUT2D eigenvalue weighted by molar-refractivity contribution is 7.88. The summed E-state index contributed by atoms with van der Waals surface area (Å²) >= 11 is -1.66. The van der Waals surface area contributed by atoms with E-state index in [1.165, 1.54) is 8.61 Å². The van der Waals surface area contributed by atoms with Crippen LogP contribution in [0.1, 0.15) is 20.3 Å². The van der Waals surface area contributed by atoms with Gasteiger partial charge in [-0.2, -0.15) is 0 Å². The Labute approximate surface area is 200 Å². The lowest BCUT2D eigenvalue weighted by atomic mass is 10.0. The molecule has 5 rings (SSSR count). The molecule has 1 aromatic carbocycles. The van der Waals surface area contributed by atoms with Gasteiger partial charge in [0.2, 0.25) is 17.1 Å². The molecule has 0 bridgehead atoms. The van der Waals surface area contributed by atoms with E-state index >= 15 is 4.39 Å². The van der Waals surface area contributed by atoms with Gasteiger partial charge >= 0.3 is 0 Å². The standard InChI is InChI=1S/C23H26F3N5O2S.H2/c1-15(32)30-10-8-29(9-11-30)13-16-4-3-5-18(21(16)24)19-6-7-20-22(27-19)28(2)34(33)31(20)14-17-12-23(17,25)26;/h3-7,17H,8-14H2,1-2H3;1H. The summed E-state index contributed by atoms with van der Waals surface area (Å²) in [4.78, 5) is 20.0. The number of fused-ring (bicyclic) bond motifs is 1. The number of rotatable bonds is 5. The molecular weight excluding hydrogens is 467 g/mol. The zero-order valence-corrected chi connectivity index (χ0v) is 19.8. The van der Waals surface area contributed by atoms with Gasteiger partial charge in [0.15, 0.2) is 5.82 Å². The zero-order valence-electron chi connectivity index (χ0n) is 19.0. The van der Waals surface area contributed by atoms with Crippen LogP contribution in [0.4, 0.5) is 24.7 Å². The van der Waals surface area contributed by atoms with Crippen molar-refractivity contribution in [3.63, 3.8) is 0 Å². The van der Waals surface area contributed by atoms with Crippen molar-refractivity contribution in [3.05, 3.63) is 41.7 Å². The number of alkyl halides is 2. The first-order valence-electron chi connectivity index (χ1n) is 11.2. The van der Waals surface area contributed by atoms with Crippen molar-refractivity contribution >= 4 is 28.6 Å². The quantitative estimate of drug-likeness (QED) is 0.639. The summed E-state index contributed by atoms with van der Waals surface area (Å²) in [6.07, 6.45) is -0.201. The van der Waals surface area contributed by atoms with E-state index in [0.717, 1.165) is 0 Å². The smallest absolute Gasteiger partial charge is 0.253 e. The van der Waals surface area contributed by atoms with Crippen molar-refractivity contribution in [2.24, 2.45) is 5.92 Å². The first-order valence-corrected chi connectivity index (χ1v) is 12.3. The zero-order chi connectivity index (χ0) is 24.2. The number of hydrogen-bond acceptors (Lipinski definition) is 4. The topological polar surface area (TPSA) is 60.0 Å². The van der Waals surface area contributed by atoms with Crippen LogP contribution in [0.2, 0.25) is 0 Å². The van der Waals surface area contributed by atoms with Gasteiger partial charge in [-0.3, -0.25) is 18.3 Å². The van der Waals surface area contributed by atoms with Gasteiger partial charge in [0.1, 0.15) is 5.82 Å². The summed E-state index contributed by atoms with van der Waals surface area (Å²) < 4.78 is 58.0. The summed E-state index contributed by atoms with van der Waals surface area (Å²) in [5.41, 5.74) is 1.76. The minimum absolute atomic E-state index is 0. The van der Waals surface area contributed by atoms with E-state index in [0.29, 0.717) is 61.0 Å². The summed E-state index contributed by atoms with van der Waals surface area (Å²) in [6.45, 7) is 4.55. The average Bonchev–Trinajstić information content (AvgIpc) is 3.35. The molecule has 1 aromatic heterocycles. The van der Waals surface area contributed by atoms with Crippen LogP contribution in [0.25, 0.3) is 11.3 Å². The molecule has 1 saturated carbocycles. The Morgan fingerprint density at radius 1 is 1.21 bits per heavy atom. The molecule has 184 valence electrons. The van der Waals surface area contributed by atoms with Crippen molar-refractivity contribution in [1.29, 1.82) is 0 Å². The van der Waals surface area contributed by atoms with Gasteiger partial charge in [-0.05, 0) is 18.2 Å². The van der Waals surface area contributed by atoms with Gasteiger partial charge in [0.25, 0.3) is 5.92 Å². The van der Waals surface area contributed by atoms with E-state index in [2.05, 4.69) is 9.88 Å². The van der Waals surface area contributed by atoms with Crippen molar-refractivity contribution in [3.8, 4) is 11.3 Å². The number of hydrogen-bond donors (Lipinski definition) is 0. The molecule has 2 aliphatic heterocycles. The fourth-order valence-corrected chi connectivity index (χ4v) is 5.71. The van der Waals surface area contributed by atoms with Gasteiger partial charge in [0.05, 0.1) is 11.4 Å². The third-order valence-corrected chi connectivity index (χ3v) is 8.12. The molecule has 0 N–H and O–H groups in total. The minimum Gasteiger partial charge on any atom is -0.340 e. The highest BCUT2D eigenvalue weighted by atomic mass is 32.2. The van der Waals surface area contributed by atoms with Crippen molar-refractivity contribution in [2.75, 3.05) is 48.4 Å². The van der Waals surface area contributed by atoms with Gasteiger partial charge in [-0.15, -0.1) is 0 Å². The van der Waals surface area contributed by atoms with Crippen LogP contribution in [0.3, 0.4) is 0 Å². The number of carbonyl (C=O) groups is 1. The second-order valence-electron chi connectivity index (χ2n) is 9.05.